The first-order chi connectivity index (χ1) is 14.8. The molecule has 1 aliphatic heterocycles. The fourth-order valence-corrected chi connectivity index (χ4v) is 4.53. The first-order valence-electron chi connectivity index (χ1n) is 9.73. The normalized spacial score (nSPS) is 15.2. The average molecular weight is 432 g/mol. The van der Waals surface area contributed by atoms with Gasteiger partial charge in [0.2, 0.25) is 5.91 Å². The van der Waals surface area contributed by atoms with E-state index >= 15 is 0 Å². The molecule has 0 radical (unpaired) electrons. The SMILES string of the molecule is Cc1cc(/C=C2\SC(=O)N(CC(N)=O)C2=O)c(C)n1-c1ccc(-c2ccccc2)cc1. The maximum atomic E-state index is 12.5. The van der Waals surface area contributed by atoms with Crippen LogP contribution in [0.5, 0.6) is 0 Å². The second kappa shape index (κ2) is 8.28. The largest absolute Gasteiger partial charge is 0.368 e. The monoisotopic (exact) mass is 431 g/mol. The van der Waals surface area contributed by atoms with Crippen LogP contribution in [0.2, 0.25) is 0 Å². The minimum absolute atomic E-state index is 0.283. The van der Waals surface area contributed by atoms with Gasteiger partial charge in [0.05, 0.1) is 4.91 Å². The van der Waals surface area contributed by atoms with Crippen molar-refractivity contribution in [3.63, 3.8) is 0 Å². The third-order valence-electron chi connectivity index (χ3n) is 5.18. The second-order valence-corrected chi connectivity index (χ2v) is 8.30. The van der Waals surface area contributed by atoms with Crippen LogP contribution in [-0.2, 0) is 9.59 Å². The van der Waals surface area contributed by atoms with E-state index < -0.39 is 23.6 Å². The lowest BCUT2D eigenvalue weighted by Gasteiger charge is -2.11. The number of rotatable bonds is 5. The summed E-state index contributed by atoms with van der Waals surface area (Å²) in [6, 6.07) is 20.4. The number of amides is 3. The van der Waals surface area contributed by atoms with Gasteiger partial charge in [-0.25, -0.2) is 0 Å². The number of hydrogen-bond acceptors (Lipinski definition) is 4. The Morgan fingerprint density at radius 1 is 1.00 bits per heavy atom. The summed E-state index contributed by atoms with van der Waals surface area (Å²) in [5.74, 6) is -1.22. The molecule has 2 aromatic carbocycles. The minimum Gasteiger partial charge on any atom is -0.368 e. The van der Waals surface area contributed by atoms with Gasteiger partial charge in [0.1, 0.15) is 6.54 Å². The highest BCUT2D eigenvalue weighted by Gasteiger charge is 2.36. The Kier molecular flexibility index (Phi) is 5.52. The Morgan fingerprint density at radius 3 is 2.29 bits per heavy atom. The molecule has 0 atom stereocenters. The van der Waals surface area contributed by atoms with Crippen molar-refractivity contribution >= 4 is 34.9 Å². The van der Waals surface area contributed by atoms with Crippen LogP contribution in [0.1, 0.15) is 17.0 Å². The number of primary amides is 1. The van der Waals surface area contributed by atoms with Crippen molar-refractivity contribution in [2.24, 2.45) is 5.73 Å². The zero-order valence-electron chi connectivity index (χ0n) is 17.2. The molecule has 2 heterocycles. The van der Waals surface area contributed by atoms with Gasteiger partial charge in [-0.3, -0.25) is 19.3 Å². The summed E-state index contributed by atoms with van der Waals surface area (Å²) in [5, 5.41) is -0.486. The molecule has 3 aromatic rings. The molecule has 1 aliphatic rings. The Hall–Kier alpha value is -3.58. The van der Waals surface area contributed by atoms with E-state index in [4.69, 9.17) is 5.73 Å². The molecule has 0 bridgehead atoms. The lowest BCUT2D eigenvalue weighted by Crippen LogP contribution is -2.36. The number of carbonyl (C=O) groups is 3. The topological polar surface area (TPSA) is 85.4 Å². The number of nitrogens with two attached hydrogens (primary N) is 1. The van der Waals surface area contributed by atoms with Gasteiger partial charge in [0, 0.05) is 17.1 Å². The van der Waals surface area contributed by atoms with Gasteiger partial charge in [0.25, 0.3) is 11.1 Å². The Bertz CT molecular complexity index is 1210. The Balaban J connectivity index is 1.64. The molecule has 7 heteroatoms. The first-order valence-corrected chi connectivity index (χ1v) is 10.6. The molecule has 0 aliphatic carbocycles. The highest BCUT2D eigenvalue weighted by Crippen LogP contribution is 2.33. The van der Waals surface area contributed by atoms with E-state index in [-0.39, 0.29) is 4.91 Å². The highest BCUT2D eigenvalue weighted by atomic mass is 32.2. The van der Waals surface area contributed by atoms with E-state index in [9.17, 15) is 14.4 Å². The first kappa shape index (κ1) is 20.7. The van der Waals surface area contributed by atoms with Crippen molar-refractivity contribution in [2.45, 2.75) is 13.8 Å². The number of hydrogen-bond donors (Lipinski definition) is 1. The van der Waals surface area contributed by atoms with Crippen LogP contribution in [-0.4, -0.2) is 33.1 Å². The van der Waals surface area contributed by atoms with Crippen LogP contribution in [0, 0.1) is 13.8 Å². The van der Waals surface area contributed by atoms with Gasteiger partial charge < -0.3 is 10.3 Å². The number of thioether (sulfide) groups is 1. The number of benzene rings is 2. The number of carbonyl (C=O) groups excluding carboxylic acids is 3. The molecule has 0 unspecified atom stereocenters. The molecule has 6 nitrogen and oxygen atoms in total. The molecular formula is C24H21N3O3S. The second-order valence-electron chi connectivity index (χ2n) is 7.31. The molecule has 0 spiro atoms. The fourth-order valence-electron chi connectivity index (χ4n) is 3.70. The summed E-state index contributed by atoms with van der Waals surface area (Å²) < 4.78 is 2.11. The molecule has 0 saturated carbocycles. The molecule has 1 aromatic heterocycles. The molecule has 1 fully saturated rings. The summed E-state index contributed by atoms with van der Waals surface area (Å²) >= 11 is 0.819. The summed E-state index contributed by atoms with van der Waals surface area (Å²) in [7, 11) is 0. The van der Waals surface area contributed by atoms with Crippen LogP contribution < -0.4 is 5.73 Å². The molecular weight excluding hydrogens is 410 g/mol. The van der Waals surface area contributed by atoms with Crippen molar-refractivity contribution in [1.82, 2.24) is 9.47 Å². The van der Waals surface area contributed by atoms with Crippen molar-refractivity contribution in [3.05, 3.63) is 82.5 Å². The maximum Gasteiger partial charge on any atom is 0.294 e. The Morgan fingerprint density at radius 2 is 1.65 bits per heavy atom. The van der Waals surface area contributed by atoms with E-state index in [0.717, 1.165) is 50.4 Å². The van der Waals surface area contributed by atoms with Gasteiger partial charge in [-0.15, -0.1) is 0 Å². The molecule has 1 saturated heterocycles. The van der Waals surface area contributed by atoms with Gasteiger partial charge in [-0.1, -0.05) is 42.5 Å². The maximum absolute atomic E-state index is 12.5. The number of aryl methyl sites for hydroxylation is 1. The molecule has 3 amide bonds. The van der Waals surface area contributed by atoms with Gasteiger partial charge >= 0.3 is 0 Å². The summed E-state index contributed by atoms with van der Waals surface area (Å²) in [6.45, 7) is 3.56. The van der Waals surface area contributed by atoms with Crippen molar-refractivity contribution in [3.8, 4) is 16.8 Å². The zero-order chi connectivity index (χ0) is 22.1. The van der Waals surface area contributed by atoms with Crippen molar-refractivity contribution < 1.29 is 14.4 Å². The molecule has 156 valence electrons. The van der Waals surface area contributed by atoms with Crippen LogP contribution in [0.3, 0.4) is 0 Å². The van der Waals surface area contributed by atoms with E-state index in [0.29, 0.717) is 0 Å². The van der Waals surface area contributed by atoms with Gasteiger partial charge in [0.15, 0.2) is 0 Å². The van der Waals surface area contributed by atoms with E-state index in [2.05, 4.69) is 41.0 Å². The van der Waals surface area contributed by atoms with Crippen LogP contribution >= 0.6 is 11.8 Å². The van der Waals surface area contributed by atoms with E-state index in [1.807, 2.05) is 38.1 Å². The lowest BCUT2D eigenvalue weighted by atomic mass is 10.1. The molecule has 2 N–H and O–H groups in total. The number of imide groups is 1. The fraction of sp³-hybridized carbons (Fsp3) is 0.125. The Labute approximate surface area is 184 Å². The highest BCUT2D eigenvalue weighted by molar-refractivity contribution is 8.18. The standard InChI is InChI=1S/C24H21N3O3S/c1-15-12-19(13-21-23(29)26(14-22(25)28)24(30)31-21)16(2)27(15)20-10-8-18(9-11-20)17-6-4-3-5-7-17/h3-13H,14H2,1-2H3,(H2,25,28)/b21-13-. The molecule has 4 rings (SSSR count). The summed E-state index contributed by atoms with van der Waals surface area (Å²) in [4.78, 5) is 36.9. The zero-order valence-corrected chi connectivity index (χ0v) is 18.0. The third kappa shape index (κ3) is 4.04. The van der Waals surface area contributed by atoms with Crippen LogP contribution in [0.15, 0.2) is 65.6 Å². The predicted octanol–water partition coefficient (Wildman–Crippen LogP) is 4.28. The number of nitrogens with zero attached hydrogens (tertiary/aromatic N) is 2. The summed E-state index contributed by atoms with van der Waals surface area (Å²) in [5.41, 5.74) is 11.2. The summed E-state index contributed by atoms with van der Waals surface area (Å²) in [6.07, 6.45) is 1.70. The minimum atomic E-state index is -0.722. The van der Waals surface area contributed by atoms with E-state index in [1.54, 1.807) is 6.08 Å². The quantitative estimate of drug-likeness (QED) is 0.611. The van der Waals surface area contributed by atoms with Crippen molar-refractivity contribution in [2.75, 3.05) is 6.54 Å². The van der Waals surface area contributed by atoms with Gasteiger partial charge in [-0.05, 0) is 66.6 Å². The smallest absolute Gasteiger partial charge is 0.294 e. The number of aromatic nitrogens is 1. The van der Waals surface area contributed by atoms with Crippen molar-refractivity contribution in [1.29, 1.82) is 0 Å². The predicted molar refractivity (Wildman–Crippen MR) is 123 cm³/mol. The molecule has 31 heavy (non-hydrogen) atoms. The lowest BCUT2D eigenvalue weighted by molar-refractivity contribution is -0.127. The average Bonchev–Trinajstić information content (AvgIpc) is 3.18. The van der Waals surface area contributed by atoms with Crippen LogP contribution in [0.25, 0.3) is 22.9 Å². The van der Waals surface area contributed by atoms with Gasteiger partial charge in [-0.2, -0.15) is 0 Å². The van der Waals surface area contributed by atoms with E-state index in [1.165, 1.54) is 0 Å². The van der Waals surface area contributed by atoms with Crippen LogP contribution in [0.4, 0.5) is 4.79 Å². The third-order valence-corrected chi connectivity index (χ3v) is 6.08.